The maximum atomic E-state index is 5.75. The number of nitrogens with zero attached hydrogens (tertiary/aromatic N) is 1. The molecule has 2 unspecified atom stereocenters. The van der Waals surface area contributed by atoms with Gasteiger partial charge in [0, 0.05) is 18.8 Å². The van der Waals surface area contributed by atoms with Crippen LogP contribution in [0.3, 0.4) is 0 Å². The lowest BCUT2D eigenvalue weighted by Gasteiger charge is -2.34. The van der Waals surface area contributed by atoms with Crippen LogP contribution in [0.25, 0.3) is 5.57 Å². The van der Waals surface area contributed by atoms with Gasteiger partial charge in [-0.15, -0.1) is 0 Å². The molecule has 0 bridgehead atoms. The SMILES string of the molecule is Clc1ccc(C2=CCC3CNC23)cn1. The Morgan fingerprint density at radius 1 is 1.43 bits per heavy atom. The number of nitrogens with one attached hydrogen (secondary N) is 1. The van der Waals surface area contributed by atoms with E-state index in [-0.39, 0.29) is 0 Å². The number of fused-ring (bicyclic) bond motifs is 1. The monoisotopic (exact) mass is 206 g/mol. The van der Waals surface area contributed by atoms with Crippen molar-refractivity contribution in [2.24, 2.45) is 5.92 Å². The minimum Gasteiger partial charge on any atom is -0.309 e. The summed E-state index contributed by atoms with van der Waals surface area (Å²) in [7, 11) is 0. The molecule has 1 saturated heterocycles. The standard InChI is InChI=1S/C11H11ClN2/c12-10-4-2-7(5-13-10)9-3-1-8-6-14-11(8)9/h2-5,8,11,14H,1,6H2. The van der Waals surface area contributed by atoms with Gasteiger partial charge >= 0.3 is 0 Å². The third-order valence-electron chi connectivity index (χ3n) is 3.11. The molecule has 0 amide bonds. The van der Waals surface area contributed by atoms with Gasteiger partial charge in [0.05, 0.1) is 0 Å². The van der Waals surface area contributed by atoms with Crippen molar-refractivity contribution in [1.82, 2.24) is 10.3 Å². The molecule has 0 spiro atoms. The first-order valence-electron chi connectivity index (χ1n) is 4.90. The number of hydrogen-bond donors (Lipinski definition) is 1. The van der Waals surface area contributed by atoms with Crippen LogP contribution in [0, 0.1) is 5.92 Å². The van der Waals surface area contributed by atoms with Gasteiger partial charge in [0.1, 0.15) is 5.15 Å². The molecule has 1 fully saturated rings. The summed E-state index contributed by atoms with van der Waals surface area (Å²) < 4.78 is 0. The van der Waals surface area contributed by atoms with Crippen molar-refractivity contribution in [3.8, 4) is 0 Å². The van der Waals surface area contributed by atoms with E-state index in [0.29, 0.717) is 11.2 Å². The van der Waals surface area contributed by atoms with E-state index in [2.05, 4.69) is 16.4 Å². The van der Waals surface area contributed by atoms with E-state index in [4.69, 9.17) is 11.6 Å². The van der Waals surface area contributed by atoms with Crippen molar-refractivity contribution in [2.75, 3.05) is 6.54 Å². The van der Waals surface area contributed by atoms with Crippen LogP contribution in [-0.2, 0) is 0 Å². The van der Waals surface area contributed by atoms with Gasteiger partial charge in [-0.05, 0) is 29.5 Å². The van der Waals surface area contributed by atoms with Gasteiger partial charge in [0.15, 0.2) is 0 Å². The van der Waals surface area contributed by atoms with E-state index in [0.717, 1.165) is 12.5 Å². The predicted octanol–water partition coefficient (Wildman–Crippen LogP) is 2.11. The van der Waals surface area contributed by atoms with Crippen LogP contribution < -0.4 is 5.32 Å². The predicted molar refractivity (Wildman–Crippen MR) is 57.1 cm³/mol. The highest BCUT2D eigenvalue weighted by Crippen LogP contribution is 2.37. The third kappa shape index (κ3) is 1.18. The van der Waals surface area contributed by atoms with Crippen LogP contribution in [-0.4, -0.2) is 17.6 Å². The molecule has 2 atom stereocenters. The van der Waals surface area contributed by atoms with Crippen LogP contribution in [0.2, 0.25) is 5.15 Å². The molecule has 0 radical (unpaired) electrons. The molecule has 2 nitrogen and oxygen atoms in total. The number of aromatic nitrogens is 1. The molecule has 1 aliphatic heterocycles. The summed E-state index contributed by atoms with van der Waals surface area (Å²) in [5.41, 5.74) is 2.60. The van der Waals surface area contributed by atoms with Crippen LogP contribution in [0.1, 0.15) is 12.0 Å². The summed E-state index contributed by atoms with van der Waals surface area (Å²) in [6.07, 6.45) is 5.38. The molecule has 3 heteroatoms. The third-order valence-corrected chi connectivity index (χ3v) is 3.33. The van der Waals surface area contributed by atoms with Crippen LogP contribution >= 0.6 is 11.6 Å². The summed E-state index contributed by atoms with van der Waals surface area (Å²) in [5.74, 6) is 0.820. The van der Waals surface area contributed by atoms with Crippen molar-refractivity contribution >= 4 is 17.2 Å². The van der Waals surface area contributed by atoms with Gasteiger partial charge in [0.2, 0.25) is 0 Å². The van der Waals surface area contributed by atoms with Gasteiger partial charge in [-0.25, -0.2) is 4.98 Å². The summed E-state index contributed by atoms with van der Waals surface area (Å²) >= 11 is 5.75. The highest BCUT2D eigenvalue weighted by Gasteiger charge is 2.36. The zero-order chi connectivity index (χ0) is 9.54. The molecule has 2 heterocycles. The number of halogens is 1. The zero-order valence-electron chi connectivity index (χ0n) is 7.70. The molecule has 1 aliphatic carbocycles. The van der Waals surface area contributed by atoms with E-state index in [1.165, 1.54) is 17.6 Å². The number of allylic oxidation sites excluding steroid dienone is 1. The molecule has 0 saturated carbocycles. The Kier molecular flexibility index (Phi) is 1.85. The molecule has 0 aromatic carbocycles. The fourth-order valence-corrected chi connectivity index (χ4v) is 2.35. The van der Waals surface area contributed by atoms with E-state index >= 15 is 0 Å². The molecule has 3 rings (SSSR count). The maximum Gasteiger partial charge on any atom is 0.129 e. The number of rotatable bonds is 1. The molecular weight excluding hydrogens is 196 g/mol. The van der Waals surface area contributed by atoms with E-state index < -0.39 is 0 Å². The second kappa shape index (κ2) is 3.07. The normalized spacial score (nSPS) is 29.4. The second-order valence-corrected chi connectivity index (χ2v) is 4.30. The average molecular weight is 207 g/mol. The van der Waals surface area contributed by atoms with Gasteiger partial charge in [-0.2, -0.15) is 0 Å². The van der Waals surface area contributed by atoms with Crippen LogP contribution in [0.15, 0.2) is 24.4 Å². The first-order chi connectivity index (χ1) is 6.84. The lowest BCUT2D eigenvalue weighted by molar-refractivity contribution is 0.307. The molecule has 1 N–H and O–H groups in total. The van der Waals surface area contributed by atoms with E-state index in [1.54, 1.807) is 0 Å². The van der Waals surface area contributed by atoms with E-state index in [9.17, 15) is 0 Å². The van der Waals surface area contributed by atoms with E-state index in [1.807, 2.05) is 18.3 Å². The highest BCUT2D eigenvalue weighted by atomic mass is 35.5. The highest BCUT2D eigenvalue weighted by molar-refractivity contribution is 6.29. The van der Waals surface area contributed by atoms with Crippen molar-refractivity contribution in [2.45, 2.75) is 12.5 Å². The molecule has 2 aliphatic rings. The number of hydrogen-bond acceptors (Lipinski definition) is 2. The lowest BCUT2D eigenvalue weighted by Crippen LogP contribution is -2.50. The summed E-state index contributed by atoms with van der Waals surface area (Å²) in [4.78, 5) is 4.10. The Balaban J connectivity index is 1.92. The topological polar surface area (TPSA) is 24.9 Å². The van der Waals surface area contributed by atoms with Crippen LogP contribution in [0.4, 0.5) is 0 Å². The molecular formula is C11H11ClN2. The molecule has 14 heavy (non-hydrogen) atoms. The second-order valence-electron chi connectivity index (χ2n) is 3.91. The van der Waals surface area contributed by atoms with Gasteiger partial charge in [-0.3, -0.25) is 0 Å². The Morgan fingerprint density at radius 3 is 2.93 bits per heavy atom. The fourth-order valence-electron chi connectivity index (χ4n) is 2.23. The van der Waals surface area contributed by atoms with Crippen molar-refractivity contribution in [3.05, 3.63) is 35.1 Å². The average Bonchev–Trinajstić information content (AvgIpc) is 2.43. The minimum absolute atomic E-state index is 0.561. The Bertz CT molecular complexity index is 383. The first kappa shape index (κ1) is 8.45. The largest absolute Gasteiger partial charge is 0.309 e. The number of pyridine rings is 1. The maximum absolute atomic E-state index is 5.75. The van der Waals surface area contributed by atoms with Gasteiger partial charge in [0.25, 0.3) is 0 Å². The first-order valence-corrected chi connectivity index (χ1v) is 5.28. The Labute approximate surface area is 88.0 Å². The summed E-state index contributed by atoms with van der Waals surface area (Å²) in [6, 6.07) is 4.46. The van der Waals surface area contributed by atoms with Gasteiger partial charge < -0.3 is 5.32 Å². The summed E-state index contributed by atoms with van der Waals surface area (Å²) in [6.45, 7) is 1.16. The molecule has 1 aromatic heterocycles. The summed E-state index contributed by atoms with van der Waals surface area (Å²) in [5, 5.41) is 4.00. The van der Waals surface area contributed by atoms with Crippen molar-refractivity contribution in [3.63, 3.8) is 0 Å². The quantitative estimate of drug-likeness (QED) is 0.712. The Morgan fingerprint density at radius 2 is 2.36 bits per heavy atom. The van der Waals surface area contributed by atoms with Gasteiger partial charge in [-0.1, -0.05) is 23.7 Å². The minimum atomic E-state index is 0.561. The van der Waals surface area contributed by atoms with Crippen molar-refractivity contribution in [1.29, 1.82) is 0 Å². The zero-order valence-corrected chi connectivity index (χ0v) is 8.46. The smallest absolute Gasteiger partial charge is 0.129 e. The molecule has 72 valence electrons. The van der Waals surface area contributed by atoms with Crippen molar-refractivity contribution < 1.29 is 0 Å². The van der Waals surface area contributed by atoms with Crippen LogP contribution in [0.5, 0.6) is 0 Å². The molecule has 1 aromatic rings. The fraction of sp³-hybridized carbons (Fsp3) is 0.364. The lowest BCUT2D eigenvalue weighted by atomic mass is 9.89. The Hall–Kier alpha value is -0.860.